The lowest BCUT2D eigenvalue weighted by Gasteiger charge is -1.96. The van der Waals surface area contributed by atoms with Crippen molar-refractivity contribution in [1.82, 2.24) is 10.2 Å². The lowest BCUT2D eigenvalue weighted by atomic mass is 10.2. The number of hydrogen-bond donors (Lipinski definition) is 2. The fourth-order valence-electron chi connectivity index (χ4n) is 0.779. The van der Waals surface area contributed by atoms with Gasteiger partial charge >= 0.3 is 5.97 Å². The molecule has 0 amide bonds. The highest BCUT2D eigenvalue weighted by Crippen LogP contribution is 2.07. The first-order valence-corrected chi connectivity index (χ1v) is 3.54. The van der Waals surface area contributed by atoms with Crippen molar-refractivity contribution in [3.63, 3.8) is 0 Å². The largest absolute Gasteiger partial charge is 0.464 e. The minimum absolute atomic E-state index is 0.157. The van der Waals surface area contributed by atoms with Gasteiger partial charge in [0.05, 0.1) is 12.8 Å². The lowest BCUT2D eigenvalue weighted by Crippen LogP contribution is -2.05. The molecule has 1 rings (SSSR count). The van der Waals surface area contributed by atoms with E-state index >= 15 is 0 Å². The molecule has 1 aromatic rings. The summed E-state index contributed by atoms with van der Waals surface area (Å²) >= 11 is 0. The standard InChI is InChI=1S/C7H11N3O2/c1-4(8)5-3-6(10-9-5)7(11)12-2/h3-4H,8H2,1-2H3,(H,9,10). The Balaban J connectivity index is 2.84. The topological polar surface area (TPSA) is 81.0 Å². The van der Waals surface area contributed by atoms with Crippen molar-refractivity contribution in [2.45, 2.75) is 13.0 Å². The molecule has 0 aliphatic carbocycles. The van der Waals surface area contributed by atoms with E-state index in [4.69, 9.17) is 5.73 Å². The van der Waals surface area contributed by atoms with Gasteiger partial charge in [-0.15, -0.1) is 0 Å². The van der Waals surface area contributed by atoms with Crippen LogP contribution in [0.5, 0.6) is 0 Å². The van der Waals surface area contributed by atoms with Crippen LogP contribution < -0.4 is 5.73 Å². The van der Waals surface area contributed by atoms with Gasteiger partial charge in [-0.05, 0) is 13.0 Å². The first-order valence-electron chi connectivity index (χ1n) is 3.54. The molecule has 1 heterocycles. The highest BCUT2D eigenvalue weighted by Gasteiger charge is 2.11. The molecule has 5 heteroatoms. The molecule has 5 nitrogen and oxygen atoms in total. The third-order valence-electron chi connectivity index (χ3n) is 1.48. The molecule has 0 aliphatic heterocycles. The van der Waals surface area contributed by atoms with Crippen molar-refractivity contribution < 1.29 is 9.53 Å². The molecular formula is C7H11N3O2. The predicted molar refractivity (Wildman–Crippen MR) is 42.5 cm³/mol. The number of nitrogens with two attached hydrogens (primary N) is 1. The van der Waals surface area contributed by atoms with E-state index in [1.54, 1.807) is 13.0 Å². The third-order valence-corrected chi connectivity index (χ3v) is 1.48. The Morgan fingerprint density at radius 3 is 2.92 bits per heavy atom. The van der Waals surface area contributed by atoms with Crippen molar-refractivity contribution in [1.29, 1.82) is 0 Å². The van der Waals surface area contributed by atoms with Gasteiger partial charge in [0.25, 0.3) is 0 Å². The molecule has 0 fully saturated rings. The Hall–Kier alpha value is -1.36. The van der Waals surface area contributed by atoms with E-state index in [0.29, 0.717) is 0 Å². The van der Waals surface area contributed by atoms with Crippen molar-refractivity contribution in [2.75, 3.05) is 7.11 Å². The van der Waals surface area contributed by atoms with Crippen LogP contribution >= 0.6 is 0 Å². The molecule has 0 saturated carbocycles. The summed E-state index contributed by atoms with van der Waals surface area (Å²) in [6, 6.07) is 1.42. The fraction of sp³-hybridized carbons (Fsp3) is 0.429. The van der Waals surface area contributed by atoms with E-state index in [1.807, 2.05) is 0 Å². The van der Waals surface area contributed by atoms with Crippen LogP contribution in [0, 0.1) is 0 Å². The summed E-state index contributed by atoms with van der Waals surface area (Å²) in [5.74, 6) is -0.460. The van der Waals surface area contributed by atoms with Crippen LogP contribution in [0.15, 0.2) is 6.07 Å². The van der Waals surface area contributed by atoms with Gasteiger partial charge in [0, 0.05) is 6.04 Å². The van der Waals surface area contributed by atoms with Crippen LogP contribution in [-0.4, -0.2) is 23.3 Å². The van der Waals surface area contributed by atoms with Gasteiger partial charge in [-0.2, -0.15) is 5.10 Å². The maximum Gasteiger partial charge on any atom is 0.358 e. The molecule has 0 bridgehead atoms. The van der Waals surface area contributed by atoms with Crippen LogP contribution in [0.1, 0.15) is 29.1 Å². The number of nitrogens with zero attached hydrogens (tertiary/aromatic N) is 1. The molecule has 1 atom stereocenters. The van der Waals surface area contributed by atoms with Crippen molar-refractivity contribution in [3.8, 4) is 0 Å². The summed E-state index contributed by atoms with van der Waals surface area (Å²) in [6.07, 6.45) is 0. The summed E-state index contributed by atoms with van der Waals surface area (Å²) < 4.78 is 4.47. The van der Waals surface area contributed by atoms with Crippen molar-refractivity contribution >= 4 is 5.97 Å². The van der Waals surface area contributed by atoms with Gasteiger partial charge in [0.1, 0.15) is 0 Å². The van der Waals surface area contributed by atoms with Gasteiger partial charge in [-0.1, -0.05) is 0 Å². The SMILES string of the molecule is COC(=O)c1cc(C(C)N)[nH]n1. The molecule has 1 unspecified atom stereocenters. The van der Waals surface area contributed by atoms with E-state index < -0.39 is 5.97 Å². The summed E-state index contributed by atoms with van der Waals surface area (Å²) in [7, 11) is 1.31. The summed E-state index contributed by atoms with van der Waals surface area (Å²) in [6.45, 7) is 1.80. The normalized spacial score (nSPS) is 12.6. The van der Waals surface area contributed by atoms with Crippen LogP contribution in [0.4, 0.5) is 0 Å². The second-order valence-electron chi connectivity index (χ2n) is 2.49. The number of hydrogen-bond acceptors (Lipinski definition) is 4. The van der Waals surface area contributed by atoms with Crippen LogP contribution in [0.25, 0.3) is 0 Å². The molecule has 12 heavy (non-hydrogen) atoms. The summed E-state index contributed by atoms with van der Waals surface area (Å²) in [4.78, 5) is 10.9. The lowest BCUT2D eigenvalue weighted by molar-refractivity contribution is 0.0594. The molecule has 1 aromatic heterocycles. The number of esters is 1. The van der Waals surface area contributed by atoms with E-state index in [1.165, 1.54) is 7.11 Å². The van der Waals surface area contributed by atoms with E-state index in [0.717, 1.165) is 5.69 Å². The number of aromatic amines is 1. The van der Waals surface area contributed by atoms with E-state index in [-0.39, 0.29) is 11.7 Å². The predicted octanol–water partition coefficient (Wildman–Crippen LogP) is 0.216. The Kier molecular flexibility index (Phi) is 2.44. The molecule has 0 spiro atoms. The van der Waals surface area contributed by atoms with Gasteiger partial charge in [0.2, 0.25) is 0 Å². The first-order chi connectivity index (χ1) is 5.65. The number of H-pyrrole nitrogens is 1. The number of ether oxygens (including phenoxy) is 1. The number of nitrogens with one attached hydrogen (secondary N) is 1. The zero-order valence-corrected chi connectivity index (χ0v) is 7.00. The molecule has 0 saturated heterocycles. The minimum Gasteiger partial charge on any atom is -0.464 e. The highest BCUT2D eigenvalue weighted by atomic mass is 16.5. The van der Waals surface area contributed by atoms with Gasteiger partial charge in [0.15, 0.2) is 5.69 Å². The van der Waals surface area contributed by atoms with Crippen LogP contribution in [0.2, 0.25) is 0 Å². The van der Waals surface area contributed by atoms with Gasteiger partial charge < -0.3 is 10.5 Å². The Morgan fingerprint density at radius 1 is 1.83 bits per heavy atom. The average Bonchev–Trinajstić information content (AvgIpc) is 2.51. The number of carbonyl (C=O) groups excluding carboxylic acids is 1. The highest BCUT2D eigenvalue weighted by molar-refractivity contribution is 5.87. The van der Waals surface area contributed by atoms with Gasteiger partial charge in [-0.25, -0.2) is 4.79 Å². The molecule has 0 aromatic carbocycles. The second-order valence-corrected chi connectivity index (χ2v) is 2.49. The van der Waals surface area contributed by atoms with Gasteiger partial charge in [-0.3, -0.25) is 5.10 Å². The zero-order valence-electron chi connectivity index (χ0n) is 7.00. The monoisotopic (exact) mass is 169 g/mol. The summed E-state index contributed by atoms with van der Waals surface area (Å²) in [5.41, 5.74) is 6.52. The third kappa shape index (κ3) is 1.62. The maximum absolute atomic E-state index is 10.9. The quantitative estimate of drug-likeness (QED) is 0.620. The minimum atomic E-state index is -0.460. The number of carbonyl (C=O) groups is 1. The molecule has 0 radical (unpaired) electrons. The number of methoxy groups -OCH3 is 1. The number of aromatic nitrogens is 2. The average molecular weight is 169 g/mol. The smallest absolute Gasteiger partial charge is 0.358 e. The Bertz CT molecular complexity index is 280. The molecule has 3 N–H and O–H groups in total. The van der Waals surface area contributed by atoms with Crippen LogP contribution in [0.3, 0.4) is 0 Å². The first kappa shape index (κ1) is 8.73. The fourth-order valence-corrected chi connectivity index (χ4v) is 0.779. The molecule has 0 aliphatic rings. The second kappa shape index (κ2) is 3.36. The van der Waals surface area contributed by atoms with E-state index in [2.05, 4.69) is 14.9 Å². The maximum atomic E-state index is 10.9. The van der Waals surface area contributed by atoms with Crippen LogP contribution in [-0.2, 0) is 4.74 Å². The molecule has 66 valence electrons. The van der Waals surface area contributed by atoms with Crippen molar-refractivity contribution in [3.05, 3.63) is 17.5 Å². The number of rotatable bonds is 2. The van der Waals surface area contributed by atoms with Crippen molar-refractivity contribution in [2.24, 2.45) is 5.73 Å². The Labute approximate surface area is 69.9 Å². The Morgan fingerprint density at radius 2 is 2.50 bits per heavy atom. The zero-order chi connectivity index (χ0) is 9.14. The summed E-state index contributed by atoms with van der Waals surface area (Å²) in [5, 5.41) is 6.37. The molecular weight excluding hydrogens is 158 g/mol. The van der Waals surface area contributed by atoms with E-state index in [9.17, 15) is 4.79 Å².